The smallest absolute Gasteiger partial charge is 0.222 e. The summed E-state index contributed by atoms with van der Waals surface area (Å²) in [7, 11) is 0. The van der Waals surface area contributed by atoms with Gasteiger partial charge < -0.3 is 0 Å². The third-order valence-electron chi connectivity index (χ3n) is 1.77. The summed E-state index contributed by atoms with van der Waals surface area (Å²) < 4.78 is 0. The summed E-state index contributed by atoms with van der Waals surface area (Å²) in [4.78, 5) is 22.8. The number of rotatable bonds is 1. The number of hydrogen-bond donors (Lipinski definition) is 0. The number of ketones is 2. The predicted molar refractivity (Wildman–Crippen MR) is 46.9 cm³/mol. The number of hydrogen-bond acceptors (Lipinski definition) is 3. The molecule has 1 aliphatic carbocycles. The highest BCUT2D eigenvalue weighted by molar-refractivity contribution is 7.11. The van der Waals surface area contributed by atoms with E-state index < -0.39 is 0 Å². The van der Waals surface area contributed by atoms with Crippen molar-refractivity contribution in [3.05, 3.63) is 28.5 Å². The Morgan fingerprint density at radius 3 is 2.67 bits per heavy atom. The van der Waals surface area contributed by atoms with Crippen molar-refractivity contribution in [3.63, 3.8) is 0 Å². The number of carbonyl (C=O) groups excluding carboxylic acids is 2. The number of allylic oxidation sites excluding steroid dienone is 2. The van der Waals surface area contributed by atoms with E-state index in [-0.39, 0.29) is 18.0 Å². The normalized spacial score (nSPS) is 16.8. The maximum Gasteiger partial charge on any atom is 0.222 e. The second-order valence-corrected chi connectivity index (χ2v) is 3.56. The van der Waals surface area contributed by atoms with Crippen LogP contribution in [0.2, 0.25) is 0 Å². The highest BCUT2D eigenvalue weighted by atomic mass is 32.1. The Labute approximate surface area is 73.5 Å². The molecule has 0 bridgehead atoms. The van der Waals surface area contributed by atoms with Crippen LogP contribution in [0.3, 0.4) is 0 Å². The minimum atomic E-state index is -0.363. The van der Waals surface area contributed by atoms with Gasteiger partial charge in [-0.05, 0) is 23.1 Å². The van der Waals surface area contributed by atoms with Gasteiger partial charge in [-0.2, -0.15) is 0 Å². The molecular weight excluding hydrogens is 172 g/mol. The fraction of sp³-hybridized carbons (Fsp3) is 0.111. The lowest BCUT2D eigenvalue weighted by molar-refractivity contribution is -0.132. The minimum absolute atomic E-state index is 0.277. The van der Waals surface area contributed by atoms with Crippen LogP contribution in [0, 0.1) is 0 Å². The van der Waals surface area contributed by atoms with Crippen LogP contribution >= 0.6 is 11.3 Å². The molecule has 1 aliphatic rings. The van der Waals surface area contributed by atoms with Crippen LogP contribution in [0.1, 0.15) is 11.3 Å². The second-order valence-electron chi connectivity index (χ2n) is 2.61. The number of thiophene rings is 1. The molecular formula is C9H6O2S. The molecule has 1 aromatic rings. The lowest BCUT2D eigenvalue weighted by Gasteiger charge is -1.91. The molecule has 2 nitrogen and oxygen atoms in total. The van der Waals surface area contributed by atoms with E-state index >= 15 is 0 Å². The van der Waals surface area contributed by atoms with Gasteiger partial charge in [0.2, 0.25) is 11.6 Å². The molecule has 3 heteroatoms. The van der Waals surface area contributed by atoms with Crippen molar-refractivity contribution in [2.24, 2.45) is 0 Å². The van der Waals surface area contributed by atoms with Crippen molar-refractivity contribution in [3.8, 4) is 0 Å². The van der Waals surface area contributed by atoms with Crippen molar-refractivity contribution in [1.82, 2.24) is 0 Å². The van der Waals surface area contributed by atoms with Gasteiger partial charge in [-0.3, -0.25) is 9.59 Å². The van der Waals surface area contributed by atoms with Crippen molar-refractivity contribution < 1.29 is 9.59 Å². The Balaban J connectivity index is 2.35. The largest absolute Gasteiger partial charge is 0.290 e. The summed E-state index contributed by atoms with van der Waals surface area (Å²) in [5.74, 6) is -0.656. The highest BCUT2D eigenvalue weighted by Crippen LogP contribution is 2.27. The van der Waals surface area contributed by atoms with Crippen LogP contribution in [0.25, 0.3) is 5.57 Å². The summed E-state index contributed by atoms with van der Waals surface area (Å²) in [5.41, 5.74) is 0.861. The lowest BCUT2D eigenvalue weighted by Crippen LogP contribution is -2.02. The highest BCUT2D eigenvalue weighted by Gasteiger charge is 2.22. The summed E-state index contributed by atoms with van der Waals surface area (Å²) in [6.45, 7) is 0. The first-order valence-corrected chi connectivity index (χ1v) is 4.47. The predicted octanol–water partition coefficient (Wildman–Crippen LogP) is 1.67. The molecule has 0 amide bonds. The molecule has 0 saturated carbocycles. The van der Waals surface area contributed by atoms with Crippen LogP contribution in [-0.2, 0) is 9.59 Å². The van der Waals surface area contributed by atoms with Gasteiger partial charge in [-0.1, -0.05) is 6.07 Å². The van der Waals surface area contributed by atoms with Crippen LogP contribution in [0.4, 0.5) is 0 Å². The fourth-order valence-corrected chi connectivity index (χ4v) is 1.91. The zero-order chi connectivity index (χ0) is 8.55. The van der Waals surface area contributed by atoms with Gasteiger partial charge in [0.25, 0.3) is 0 Å². The van der Waals surface area contributed by atoms with Gasteiger partial charge in [0.15, 0.2) is 0 Å². The first-order chi connectivity index (χ1) is 5.77. The van der Waals surface area contributed by atoms with Crippen molar-refractivity contribution in [2.75, 3.05) is 0 Å². The van der Waals surface area contributed by atoms with Gasteiger partial charge >= 0.3 is 0 Å². The molecule has 0 unspecified atom stereocenters. The van der Waals surface area contributed by atoms with E-state index in [1.54, 1.807) is 11.3 Å². The van der Waals surface area contributed by atoms with E-state index in [0.717, 1.165) is 10.5 Å². The van der Waals surface area contributed by atoms with Crippen molar-refractivity contribution in [1.29, 1.82) is 0 Å². The molecule has 0 saturated heterocycles. The average Bonchev–Trinajstić information content (AvgIpc) is 2.61. The standard InChI is InChI=1S/C9H6O2S/c10-7-4-6(5-8(7)11)9-2-1-3-12-9/h1-4H,5H2. The molecule has 0 aliphatic heterocycles. The first kappa shape index (κ1) is 7.43. The zero-order valence-electron chi connectivity index (χ0n) is 6.24. The van der Waals surface area contributed by atoms with Crippen LogP contribution in [-0.4, -0.2) is 11.6 Å². The SMILES string of the molecule is O=C1C=C(c2cccs2)CC1=O. The topological polar surface area (TPSA) is 34.1 Å². The van der Waals surface area contributed by atoms with Crippen LogP contribution in [0.15, 0.2) is 23.6 Å². The van der Waals surface area contributed by atoms with E-state index in [0.29, 0.717) is 0 Å². The molecule has 0 atom stereocenters. The Kier molecular flexibility index (Phi) is 1.66. The van der Waals surface area contributed by atoms with Gasteiger partial charge in [0, 0.05) is 11.3 Å². The first-order valence-electron chi connectivity index (χ1n) is 3.59. The number of Topliss-reactive ketones (excluding diaryl/α,β-unsaturated/α-hetero) is 1. The number of carbonyl (C=O) groups is 2. The Morgan fingerprint density at radius 2 is 2.17 bits per heavy atom. The molecule has 12 heavy (non-hydrogen) atoms. The van der Waals surface area contributed by atoms with Gasteiger partial charge in [0.05, 0.1) is 0 Å². The summed E-state index contributed by atoms with van der Waals surface area (Å²) in [6, 6.07) is 3.83. The molecule has 1 aromatic heterocycles. The van der Waals surface area contributed by atoms with Crippen molar-refractivity contribution in [2.45, 2.75) is 6.42 Å². The van der Waals surface area contributed by atoms with Crippen LogP contribution < -0.4 is 0 Å². The third-order valence-corrected chi connectivity index (χ3v) is 2.71. The molecule has 0 spiro atoms. The second kappa shape index (κ2) is 2.68. The van der Waals surface area contributed by atoms with E-state index in [9.17, 15) is 9.59 Å². The molecule has 0 aromatic carbocycles. The summed E-state index contributed by atoms with van der Waals surface area (Å²) in [6.07, 6.45) is 1.72. The van der Waals surface area contributed by atoms with E-state index in [1.807, 2.05) is 17.5 Å². The maximum atomic E-state index is 10.9. The fourth-order valence-electron chi connectivity index (χ4n) is 1.17. The zero-order valence-corrected chi connectivity index (χ0v) is 7.06. The minimum Gasteiger partial charge on any atom is -0.290 e. The van der Waals surface area contributed by atoms with Gasteiger partial charge in [0.1, 0.15) is 0 Å². The molecule has 60 valence electrons. The quantitative estimate of drug-likeness (QED) is 0.613. The Bertz CT molecular complexity index is 360. The molecule has 0 N–H and O–H groups in total. The van der Waals surface area contributed by atoms with E-state index in [4.69, 9.17) is 0 Å². The van der Waals surface area contributed by atoms with Crippen LogP contribution in [0.5, 0.6) is 0 Å². The summed E-state index contributed by atoms with van der Waals surface area (Å²) in [5, 5.41) is 1.93. The molecule has 0 fully saturated rings. The van der Waals surface area contributed by atoms with Crippen molar-refractivity contribution >= 4 is 28.5 Å². The summed E-state index contributed by atoms with van der Waals surface area (Å²) >= 11 is 1.55. The average molecular weight is 178 g/mol. The van der Waals surface area contributed by atoms with Gasteiger partial charge in [-0.15, -0.1) is 11.3 Å². The molecule has 2 rings (SSSR count). The van der Waals surface area contributed by atoms with Gasteiger partial charge in [-0.25, -0.2) is 0 Å². The third kappa shape index (κ3) is 1.12. The van der Waals surface area contributed by atoms with E-state index in [2.05, 4.69) is 0 Å². The molecule has 1 heterocycles. The Hall–Kier alpha value is -1.22. The maximum absolute atomic E-state index is 10.9. The lowest BCUT2D eigenvalue weighted by atomic mass is 10.2. The monoisotopic (exact) mass is 178 g/mol. The van der Waals surface area contributed by atoms with E-state index in [1.165, 1.54) is 6.08 Å². The molecule has 0 radical (unpaired) electrons. The Morgan fingerprint density at radius 1 is 1.33 bits per heavy atom.